The average molecular weight is 243 g/mol. The molecule has 4 heteroatoms. The third-order valence-electron chi connectivity index (χ3n) is 5.24. The molecule has 4 nitrogen and oxygen atoms in total. The van der Waals surface area contributed by atoms with Crippen LogP contribution in [0.1, 0.15) is 32.6 Å². The Kier molecular flexibility index (Phi) is 3.51. The molecule has 0 amide bonds. The van der Waals surface area contributed by atoms with Gasteiger partial charge in [-0.3, -0.25) is 0 Å². The summed E-state index contributed by atoms with van der Waals surface area (Å²) in [7, 11) is 3.14. The summed E-state index contributed by atoms with van der Waals surface area (Å²) < 4.78 is 10.6. The van der Waals surface area contributed by atoms with Crippen LogP contribution < -0.4 is 5.73 Å². The van der Waals surface area contributed by atoms with Crippen molar-refractivity contribution < 1.29 is 14.6 Å². The molecule has 0 aromatic rings. The zero-order chi connectivity index (χ0) is 12.7. The minimum atomic E-state index is -1.02. The van der Waals surface area contributed by atoms with Gasteiger partial charge in [-0.05, 0) is 38.0 Å². The Hall–Kier alpha value is -0.160. The summed E-state index contributed by atoms with van der Waals surface area (Å²) >= 11 is 0. The topological polar surface area (TPSA) is 64.7 Å². The second kappa shape index (κ2) is 4.50. The summed E-state index contributed by atoms with van der Waals surface area (Å²) in [6.07, 6.45) is 4.06. The van der Waals surface area contributed by atoms with Crippen molar-refractivity contribution in [2.45, 2.75) is 44.5 Å². The van der Waals surface area contributed by atoms with Crippen molar-refractivity contribution in [1.82, 2.24) is 0 Å². The second-order valence-corrected chi connectivity index (χ2v) is 5.89. The predicted molar refractivity (Wildman–Crippen MR) is 65.4 cm³/mol. The van der Waals surface area contributed by atoms with Crippen LogP contribution in [0.4, 0.5) is 0 Å². The first kappa shape index (κ1) is 13.3. The van der Waals surface area contributed by atoms with Crippen molar-refractivity contribution in [2.24, 2.45) is 23.0 Å². The molecule has 2 aliphatic rings. The highest BCUT2D eigenvalue weighted by Gasteiger charge is 2.61. The zero-order valence-corrected chi connectivity index (χ0v) is 11.1. The van der Waals surface area contributed by atoms with E-state index in [-0.39, 0.29) is 5.41 Å². The van der Waals surface area contributed by atoms with Crippen LogP contribution >= 0.6 is 0 Å². The molecule has 100 valence electrons. The van der Waals surface area contributed by atoms with Crippen LogP contribution in [0, 0.1) is 17.3 Å². The standard InChI is InChI=1S/C13H25NO3/c1-12(15,11(16-2)17-3)13(8-14)7-9-4-5-10(13)6-9/h9-11,15H,4-8,14H2,1-3H3. The lowest BCUT2D eigenvalue weighted by Crippen LogP contribution is -2.60. The van der Waals surface area contributed by atoms with Gasteiger partial charge in [0.2, 0.25) is 0 Å². The lowest BCUT2D eigenvalue weighted by atomic mass is 9.62. The number of rotatable bonds is 5. The van der Waals surface area contributed by atoms with E-state index in [0.717, 1.165) is 12.3 Å². The number of nitrogens with two attached hydrogens (primary N) is 1. The average Bonchev–Trinajstić information content (AvgIpc) is 2.90. The first-order valence-electron chi connectivity index (χ1n) is 6.50. The van der Waals surface area contributed by atoms with Crippen LogP contribution in [0.25, 0.3) is 0 Å². The molecule has 0 saturated heterocycles. The van der Waals surface area contributed by atoms with Gasteiger partial charge in [0.25, 0.3) is 0 Å². The van der Waals surface area contributed by atoms with E-state index in [4.69, 9.17) is 15.2 Å². The molecule has 0 spiro atoms. The first-order chi connectivity index (χ1) is 8.01. The highest BCUT2D eigenvalue weighted by molar-refractivity contribution is 5.10. The van der Waals surface area contributed by atoms with Crippen molar-refractivity contribution in [3.05, 3.63) is 0 Å². The number of fused-ring (bicyclic) bond motifs is 2. The highest BCUT2D eigenvalue weighted by atomic mass is 16.7. The van der Waals surface area contributed by atoms with Crippen LogP contribution in [-0.2, 0) is 9.47 Å². The second-order valence-electron chi connectivity index (χ2n) is 5.89. The van der Waals surface area contributed by atoms with Gasteiger partial charge in [0.05, 0.1) is 0 Å². The molecule has 4 atom stereocenters. The fraction of sp³-hybridized carbons (Fsp3) is 1.00. The molecule has 0 radical (unpaired) electrons. The summed E-state index contributed by atoms with van der Waals surface area (Å²) in [5.41, 5.74) is 4.75. The van der Waals surface area contributed by atoms with Gasteiger partial charge in [-0.25, -0.2) is 0 Å². The molecule has 0 aromatic carbocycles. The number of methoxy groups -OCH3 is 2. The van der Waals surface area contributed by atoms with Crippen LogP contribution in [0.15, 0.2) is 0 Å². The lowest BCUT2D eigenvalue weighted by molar-refractivity contribution is -0.259. The van der Waals surface area contributed by atoms with E-state index in [0.29, 0.717) is 12.5 Å². The molecule has 2 rings (SSSR count). The molecule has 2 fully saturated rings. The minimum absolute atomic E-state index is 0.243. The van der Waals surface area contributed by atoms with Crippen molar-refractivity contribution in [2.75, 3.05) is 20.8 Å². The smallest absolute Gasteiger partial charge is 0.185 e. The first-order valence-corrected chi connectivity index (χ1v) is 6.50. The van der Waals surface area contributed by atoms with Gasteiger partial charge in [0, 0.05) is 26.2 Å². The van der Waals surface area contributed by atoms with E-state index in [9.17, 15) is 5.11 Å². The maximum atomic E-state index is 10.9. The van der Waals surface area contributed by atoms with Gasteiger partial charge < -0.3 is 20.3 Å². The molecule has 2 saturated carbocycles. The maximum Gasteiger partial charge on any atom is 0.185 e. The van der Waals surface area contributed by atoms with Gasteiger partial charge in [-0.1, -0.05) is 6.42 Å². The third kappa shape index (κ3) is 1.73. The molecular weight excluding hydrogens is 218 g/mol. The minimum Gasteiger partial charge on any atom is -0.384 e. The van der Waals surface area contributed by atoms with E-state index in [2.05, 4.69) is 0 Å². The van der Waals surface area contributed by atoms with Crippen molar-refractivity contribution >= 4 is 0 Å². The third-order valence-corrected chi connectivity index (χ3v) is 5.24. The number of hydrogen-bond donors (Lipinski definition) is 2. The molecule has 4 unspecified atom stereocenters. The Balaban J connectivity index is 2.28. The van der Waals surface area contributed by atoms with Gasteiger partial charge >= 0.3 is 0 Å². The fourth-order valence-electron chi connectivity index (χ4n) is 4.31. The van der Waals surface area contributed by atoms with Crippen LogP contribution in [-0.4, -0.2) is 37.8 Å². The number of hydrogen-bond acceptors (Lipinski definition) is 4. The molecular formula is C13H25NO3. The van der Waals surface area contributed by atoms with Crippen molar-refractivity contribution in [1.29, 1.82) is 0 Å². The van der Waals surface area contributed by atoms with E-state index >= 15 is 0 Å². The molecule has 17 heavy (non-hydrogen) atoms. The maximum absolute atomic E-state index is 10.9. The Morgan fingerprint density at radius 1 is 1.41 bits per heavy atom. The number of aliphatic hydroxyl groups is 1. The Labute approximate surface area is 103 Å². The lowest BCUT2D eigenvalue weighted by Gasteiger charge is -2.50. The molecule has 2 aliphatic carbocycles. The van der Waals surface area contributed by atoms with Gasteiger partial charge in [-0.15, -0.1) is 0 Å². The van der Waals surface area contributed by atoms with E-state index < -0.39 is 11.9 Å². The summed E-state index contributed by atoms with van der Waals surface area (Å²) in [6, 6.07) is 0. The molecule has 2 bridgehead atoms. The Morgan fingerprint density at radius 2 is 2.06 bits per heavy atom. The Bertz CT molecular complexity index is 278. The quantitative estimate of drug-likeness (QED) is 0.710. The van der Waals surface area contributed by atoms with Crippen molar-refractivity contribution in [3.63, 3.8) is 0 Å². The predicted octanol–water partition coefficient (Wildman–Crippen LogP) is 1.12. The van der Waals surface area contributed by atoms with E-state index in [1.807, 2.05) is 6.92 Å². The zero-order valence-electron chi connectivity index (χ0n) is 11.1. The highest BCUT2D eigenvalue weighted by Crippen LogP contribution is 2.60. The van der Waals surface area contributed by atoms with Gasteiger partial charge in [0.1, 0.15) is 5.60 Å². The number of ether oxygens (including phenoxy) is 2. The van der Waals surface area contributed by atoms with Crippen LogP contribution in [0.5, 0.6) is 0 Å². The van der Waals surface area contributed by atoms with Gasteiger partial charge in [-0.2, -0.15) is 0 Å². The van der Waals surface area contributed by atoms with Crippen LogP contribution in [0.3, 0.4) is 0 Å². The van der Waals surface area contributed by atoms with E-state index in [1.54, 1.807) is 14.2 Å². The molecule has 0 aliphatic heterocycles. The van der Waals surface area contributed by atoms with Gasteiger partial charge in [0.15, 0.2) is 6.29 Å². The molecule has 0 aromatic heterocycles. The van der Waals surface area contributed by atoms with Crippen molar-refractivity contribution in [3.8, 4) is 0 Å². The summed E-state index contributed by atoms with van der Waals surface area (Å²) in [6.45, 7) is 2.32. The summed E-state index contributed by atoms with van der Waals surface area (Å²) in [5.74, 6) is 1.24. The Morgan fingerprint density at radius 3 is 2.41 bits per heavy atom. The fourth-order valence-corrected chi connectivity index (χ4v) is 4.31. The largest absolute Gasteiger partial charge is 0.384 e. The molecule has 3 N–H and O–H groups in total. The monoisotopic (exact) mass is 243 g/mol. The van der Waals surface area contributed by atoms with E-state index in [1.165, 1.54) is 19.3 Å². The SMILES string of the molecule is COC(OC)C(C)(O)C1(CN)CC2CCC1C2. The summed E-state index contributed by atoms with van der Waals surface area (Å²) in [5, 5.41) is 10.9. The van der Waals surface area contributed by atoms with Crippen LogP contribution in [0.2, 0.25) is 0 Å². The summed E-state index contributed by atoms with van der Waals surface area (Å²) in [4.78, 5) is 0. The molecule has 0 heterocycles. The normalized spacial score (nSPS) is 39.9.